The molecule has 7 rings (SSSR count). The van der Waals surface area contributed by atoms with Crippen molar-refractivity contribution < 1.29 is 9.59 Å². The van der Waals surface area contributed by atoms with Crippen LogP contribution in [-0.4, -0.2) is 92.6 Å². The molecule has 3 aromatic carbocycles. The van der Waals surface area contributed by atoms with Gasteiger partial charge in [-0.3, -0.25) is 19.4 Å². The summed E-state index contributed by atoms with van der Waals surface area (Å²) in [4.78, 5) is 53.0. The first-order valence-corrected chi connectivity index (χ1v) is 17.4. The van der Waals surface area contributed by atoms with Gasteiger partial charge in [0.05, 0.1) is 28.8 Å². The Kier molecular flexibility index (Phi) is 9.33. The predicted molar refractivity (Wildman–Crippen MR) is 191 cm³/mol. The van der Waals surface area contributed by atoms with E-state index >= 15 is 0 Å². The molecule has 0 radical (unpaired) electrons. The van der Waals surface area contributed by atoms with Gasteiger partial charge >= 0.3 is 0 Å². The zero-order valence-electron chi connectivity index (χ0n) is 28.8. The Morgan fingerprint density at radius 3 is 1.90 bits per heavy atom. The number of H-pyrrole nitrogens is 2. The minimum atomic E-state index is -0.355. The highest BCUT2D eigenvalue weighted by atomic mass is 16.2. The topological polar surface area (TPSA) is 104 Å². The third kappa shape index (κ3) is 6.50. The van der Waals surface area contributed by atoms with Crippen LogP contribution in [0.25, 0.3) is 22.3 Å². The molecule has 49 heavy (non-hydrogen) atoms. The zero-order chi connectivity index (χ0) is 34.1. The molecule has 0 spiro atoms. The minimum Gasteiger partial charge on any atom is -0.346 e. The lowest BCUT2D eigenvalue weighted by molar-refractivity contribution is -0.140. The molecular formula is C39H46N8O2. The van der Waals surface area contributed by atoms with E-state index in [0.717, 1.165) is 77.2 Å². The van der Waals surface area contributed by atoms with Gasteiger partial charge in [0.1, 0.15) is 23.7 Å². The van der Waals surface area contributed by atoms with Crippen LogP contribution in [0.15, 0.2) is 85.1 Å². The second-order valence-electron chi connectivity index (χ2n) is 13.8. The Morgan fingerprint density at radius 1 is 0.714 bits per heavy atom. The van der Waals surface area contributed by atoms with Crippen LogP contribution in [0, 0.1) is 0 Å². The molecule has 2 fully saturated rings. The second kappa shape index (κ2) is 14.0. The summed E-state index contributed by atoms with van der Waals surface area (Å²) in [6.07, 6.45) is 6.64. The van der Waals surface area contributed by atoms with Gasteiger partial charge < -0.3 is 19.8 Å². The summed E-state index contributed by atoms with van der Waals surface area (Å²) in [5.74, 6) is 1.83. The maximum absolute atomic E-state index is 14.1. The fraction of sp³-hybridized carbons (Fsp3) is 0.385. The number of likely N-dealkylation sites (tertiary alicyclic amines) is 2. The van der Waals surface area contributed by atoms with Crippen molar-refractivity contribution in [2.45, 2.75) is 56.3 Å². The van der Waals surface area contributed by atoms with Crippen molar-refractivity contribution in [2.24, 2.45) is 0 Å². The molecule has 0 aliphatic carbocycles. The van der Waals surface area contributed by atoms with Crippen LogP contribution in [0.5, 0.6) is 0 Å². The fourth-order valence-corrected chi connectivity index (χ4v) is 7.70. The zero-order valence-corrected chi connectivity index (χ0v) is 28.8. The van der Waals surface area contributed by atoms with Crippen molar-refractivity contribution >= 4 is 22.8 Å². The smallest absolute Gasteiger partial charge is 0.245 e. The number of hydrogen-bond donors (Lipinski definition) is 2. The average molecular weight is 659 g/mol. The highest BCUT2D eigenvalue weighted by Crippen LogP contribution is 2.37. The van der Waals surface area contributed by atoms with Gasteiger partial charge in [-0.15, -0.1) is 0 Å². The summed E-state index contributed by atoms with van der Waals surface area (Å²) in [6.45, 7) is 1.42. The van der Waals surface area contributed by atoms with Crippen LogP contribution < -0.4 is 0 Å². The third-order valence-electron chi connectivity index (χ3n) is 10.1. The molecule has 10 heteroatoms. The number of aromatic amines is 2. The van der Waals surface area contributed by atoms with E-state index in [1.54, 1.807) is 0 Å². The van der Waals surface area contributed by atoms with Gasteiger partial charge in [-0.1, -0.05) is 66.7 Å². The summed E-state index contributed by atoms with van der Waals surface area (Å²) in [5, 5.41) is 0. The first-order chi connectivity index (χ1) is 23.8. The van der Waals surface area contributed by atoms with Gasteiger partial charge in [0.25, 0.3) is 0 Å². The molecule has 254 valence electrons. The Balaban J connectivity index is 1.12. The molecule has 2 aliphatic rings. The number of aromatic nitrogens is 4. The molecule has 4 heterocycles. The summed E-state index contributed by atoms with van der Waals surface area (Å²) >= 11 is 0. The maximum Gasteiger partial charge on any atom is 0.245 e. The quantitative estimate of drug-likeness (QED) is 0.193. The number of nitrogens with zero attached hydrogens (tertiary/aromatic N) is 6. The maximum atomic E-state index is 14.1. The van der Waals surface area contributed by atoms with Crippen LogP contribution in [0.4, 0.5) is 0 Å². The number of likely N-dealkylation sites (N-methyl/N-ethyl adjacent to an activating group) is 2. The molecule has 10 nitrogen and oxygen atoms in total. The number of imidazole rings is 2. The molecule has 2 unspecified atom stereocenters. The lowest BCUT2D eigenvalue weighted by atomic mass is 9.97. The van der Waals surface area contributed by atoms with Gasteiger partial charge in [0.2, 0.25) is 11.8 Å². The van der Waals surface area contributed by atoms with E-state index in [1.807, 2.05) is 127 Å². The SMILES string of the molecule is CN(C)C(C(=O)N1CCCC[C@H]1c1nc(-c2ccc3nc([C@@H]4CCCN4C(=O)C(c4ccccc4)N(C)C)[nH]c3c2)c[nH]1)c1ccccc1. The van der Waals surface area contributed by atoms with E-state index < -0.39 is 0 Å². The second-order valence-corrected chi connectivity index (χ2v) is 13.8. The highest BCUT2D eigenvalue weighted by molar-refractivity contribution is 5.85. The van der Waals surface area contributed by atoms with Gasteiger partial charge in [0, 0.05) is 24.8 Å². The molecule has 0 bridgehead atoms. The van der Waals surface area contributed by atoms with E-state index in [2.05, 4.69) is 16.0 Å². The normalized spacial score (nSPS) is 19.6. The molecule has 2 aromatic heterocycles. The number of nitrogens with one attached hydrogen (secondary N) is 2. The van der Waals surface area contributed by atoms with Crippen LogP contribution in [0.2, 0.25) is 0 Å². The Labute approximate surface area is 288 Å². The Morgan fingerprint density at radius 2 is 1.29 bits per heavy atom. The number of carbonyl (C=O) groups is 2. The molecule has 2 saturated heterocycles. The number of fused-ring (bicyclic) bond motifs is 1. The summed E-state index contributed by atoms with van der Waals surface area (Å²) in [6, 6.07) is 25.2. The summed E-state index contributed by atoms with van der Waals surface area (Å²) in [7, 11) is 7.84. The first kappa shape index (κ1) is 32.7. The monoisotopic (exact) mass is 658 g/mol. The van der Waals surface area contributed by atoms with Gasteiger partial charge in [-0.05, 0) is 83.6 Å². The number of hydrogen-bond acceptors (Lipinski definition) is 6. The molecular weight excluding hydrogens is 612 g/mol. The molecule has 2 amide bonds. The largest absolute Gasteiger partial charge is 0.346 e. The van der Waals surface area contributed by atoms with E-state index in [4.69, 9.17) is 9.97 Å². The van der Waals surface area contributed by atoms with Crippen molar-refractivity contribution in [1.82, 2.24) is 39.5 Å². The molecule has 2 N–H and O–H groups in total. The molecule has 4 atom stereocenters. The van der Waals surface area contributed by atoms with E-state index in [-0.39, 0.29) is 36.0 Å². The highest BCUT2D eigenvalue weighted by Gasteiger charge is 2.38. The van der Waals surface area contributed by atoms with Gasteiger partial charge in [0.15, 0.2) is 0 Å². The third-order valence-corrected chi connectivity index (χ3v) is 10.1. The van der Waals surface area contributed by atoms with Crippen LogP contribution in [0.3, 0.4) is 0 Å². The number of piperidine rings is 1. The number of rotatable bonds is 9. The summed E-state index contributed by atoms with van der Waals surface area (Å²) in [5.41, 5.74) is 5.55. The predicted octanol–water partition coefficient (Wildman–Crippen LogP) is 6.28. The van der Waals surface area contributed by atoms with Gasteiger partial charge in [-0.25, -0.2) is 9.97 Å². The lowest BCUT2D eigenvalue weighted by Gasteiger charge is -2.38. The van der Waals surface area contributed by atoms with Crippen LogP contribution in [-0.2, 0) is 9.59 Å². The van der Waals surface area contributed by atoms with Crippen molar-refractivity contribution in [1.29, 1.82) is 0 Å². The van der Waals surface area contributed by atoms with Crippen molar-refractivity contribution in [2.75, 3.05) is 41.3 Å². The standard InChI is InChI=1S/C39H46N8O2/c1-44(2)34(26-14-7-5-8-15-26)38(48)46-22-12-11-18-32(46)36-40-25-31(43-36)28-20-21-29-30(24-28)42-37(41-29)33-19-13-23-47(33)39(49)35(45(3)4)27-16-9-6-10-17-27/h5-10,14-17,20-21,24-25,32-35H,11-13,18-19,22-23H2,1-4H3,(H,40,43)(H,41,42)/t32-,33-,34?,35?/m0/s1. The van der Waals surface area contributed by atoms with Crippen molar-refractivity contribution in [3.8, 4) is 11.3 Å². The number of benzene rings is 3. The van der Waals surface area contributed by atoms with Crippen LogP contribution in [0.1, 0.15) is 79.0 Å². The molecule has 5 aromatic rings. The molecule has 0 saturated carbocycles. The molecule has 2 aliphatic heterocycles. The fourth-order valence-electron chi connectivity index (χ4n) is 7.70. The Hall–Kier alpha value is -4.80. The van der Waals surface area contributed by atoms with Crippen molar-refractivity contribution in [3.05, 3.63) is 108 Å². The number of carbonyl (C=O) groups excluding carboxylic acids is 2. The van der Waals surface area contributed by atoms with Gasteiger partial charge in [-0.2, -0.15) is 0 Å². The lowest BCUT2D eigenvalue weighted by Crippen LogP contribution is -2.45. The van der Waals surface area contributed by atoms with E-state index in [0.29, 0.717) is 13.1 Å². The van der Waals surface area contributed by atoms with E-state index in [1.165, 1.54) is 0 Å². The number of amides is 2. The Bertz CT molecular complexity index is 1900. The van der Waals surface area contributed by atoms with Crippen LogP contribution >= 0.6 is 0 Å². The van der Waals surface area contributed by atoms with E-state index in [9.17, 15) is 9.59 Å². The summed E-state index contributed by atoms with van der Waals surface area (Å²) < 4.78 is 0. The first-order valence-electron chi connectivity index (χ1n) is 17.4. The average Bonchev–Trinajstić information content (AvgIpc) is 3.89. The van der Waals surface area contributed by atoms with Crippen molar-refractivity contribution in [3.63, 3.8) is 0 Å². The minimum absolute atomic E-state index is 0.0970.